The molecule has 0 fully saturated rings. The molecule has 0 heterocycles. The fourth-order valence-corrected chi connectivity index (χ4v) is 10.2. The van der Waals surface area contributed by atoms with Gasteiger partial charge in [-0.05, 0) is 0 Å². The van der Waals surface area contributed by atoms with Gasteiger partial charge in [0.1, 0.15) is 0 Å². The summed E-state index contributed by atoms with van der Waals surface area (Å²) < 4.78 is 75.3. The van der Waals surface area contributed by atoms with Gasteiger partial charge in [0.25, 0.3) is 0 Å². The van der Waals surface area contributed by atoms with E-state index in [1.54, 1.807) is 0 Å². The molecule has 0 aliphatic heterocycles. The molecule has 0 atom stereocenters. The van der Waals surface area contributed by atoms with Crippen molar-refractivity contribution in [2.75, 3.05) is 24.6 Å². The summed E-state index contributed by atoms with van der Waals surface area (Å²) in [6, 6.07) is 0. The summed E-state index contributed by atoms with van der Waals surface area (Å²) in [5.41, 5.74) is -1.50. The van der Waals surface area contributed by atoms with Crippen molar-refractivity contribution in [3.05, 3.63) is 34.6 Å². The van der Waals surface area contributed by atoms with E-state index in [1.807, 2.05) is 20.8 Å². The van der Waals surface area contributed by atoms with E-state index in [1.165, 1.54) is 89.9 Å². The Morgan fingerprint density at radius 2 is 0.780 bits per heavy atom. The zero-order valence-corrected chi connectivity index (χ0v) is 27.1. The number of hydrogen-bond acceptors (Lipinski definition) is 2. The zero-order chi connectivity index (χ0) is 30.8. The van der Waals surface area contributed by atoms with Gasteiger partial charge in [-0.2, -0.15) is 0 Å². The minimum absolute atomic E-state index is 0.499. The van der Waals surface area contributed by atoms with E-state index in [0.717, 1.165) is 25.7 Å². The van der Waals surface area contributed by atoms with Crippen molar-refractivity contribution in [2.24, 2.45) is 0 Å². The van der Waals surface area contributed by atoms with Crippen molar-refractivity contribution in [1.82, 2.24) is 0 Å². The van der Waals surface area contributed by atoms with E-state index in [0.29, 0.717) is 24.6 Å². The van der Waals surface area contributed by atoms with E-state index in [9.17, 15) is 26.7 Å². The fraction of sp³-hybridized carbons (Fsp3) is 0.788. The Bertz CT molecular complexity index is 864. The van der Waals surface area contributed by atoms with Crippen LogP contribution < -0.4 is 0 Å². The molecule has 0 N–H and O–H groups in total. The summed E-state index contributed by atoms with van der Waals surface area (Å²) in [6.07, 6.45) is 24.7. The van der Waals surface area contributed by atoms with Gasteiger partial charge in [-0.15, -0.1) is 0 Å². The molecule has 0 bridgehead atoms. The maximum atomic E-state index is 14.3. The summed E-state index contributed by atoms with van der Waals surface area (Å²) in [5.74, 6) is -12.3. The van der Waals surface area contributed by atoms with Gasteiger partial charge in [0.15, 0.2) is 0 Å². The molecule has 0 aromatic heterocycles. The third kappa shape index (κ3) is 11.8. The van der Waals surface area contributed by atoms with E-state index >= 15 is 0 Å². The van der Waals surface area contributed by atoms with E-state index in [2.05, 4.69) is 6.92 Å². The first kappa shape index (κ1) is 37.8. The first-order chi connectivity index (χ1) is 19.6. The minimum atomic E-state index is -3.23. The first-order valence-corrected chi connectivity index (χ1v) is 19.3. The zero-order valence-electron chi connectivity index (χ0n) is 26.2. The van der Waals surface area contributed by atoms with E-state index < -0.39 is 47.4 Å². The van der Waals surface area contributed by atoms with Crippen LogP contribution in [0.3, 0.4) is 0 Å². The second-order valence-corrected chi connectivity index (χ2v) is 18.1. The monoisotopic (exact) mass is 610 g/mol. The maximum absolute atomic E-state index is 14.3. The van der Waals surface area contributed by atoms with Gasteiger partial charge < -0.3 is 0 Å². The van der Waals surface area contributed by atoms with Gasteiger partial charge in [0.05, 0.1) is 0 Å². The van der Waals surface area contributed by atoms with Gasteiger partial charge in [0.2, 0.25) is 0 Å². The van der Waals surface area contributed by atoms with Crippen LogP contribution in [0.5, 0.6) is 0 Å². The van der Waals surface area contributed by atoms with Crippen LogP contribution in [0.1, 0.15) is 154 Å². The number of rotatable bonds is 24. The molecule has 0 saturated carbocycles. The summed E-state index contributed by atoms with van der Waals surface area (Å²) in [6.45, 7) is 4.66. The molecule has 0 unspecified atom stereocenters. The van der Waals surface area contributed by atoms with Gasteiger partial charge >= 0.3 is 195 Å². The molecule has 1 rings (SSSR count). The predicted molar refractivity (Wildman–Crippen MR) is 164 cm³/mol. The number of hydrogen-bond donors (Lipinski definition) is 0. The average Bonchev–Trinajstić information content (AvgIpc) is 2.98. The predicted octanol–water partition coefficient (Wildman–Crippen LogP) is 12.1. The summed E-state index contributed by atoms with van der Waals surface area (Å²) in [5, 5.41) is 0. The number of unbranched alkanes of at least 4 members (excludes halogenated alkanes) is 17. The Labute approximate surface area is 246 Å². The average molecular weight is 611 g/mol. The van der Waals surface area contributed by atoms with Gasteiger partial charge in [-0.25, -0.2) is 0 Å². The Kier molecular flexibility index (Phi) is 18.3. The number of carbonyl (C=O) groups excluding carboxylic acids is 1. The van der Waals surface area contributed by atoms with Crippen LogP contribution in [-0.2, 0) is 4.52 Å². The second-order valence-electron chi connectivity index (χ2n) is 11.9. The van der Waals surface area contributed by atoms with E-state index in [-0.39, 0.29) is 0 Å². The standard InChI is InChI=1S/C33H56F5O2P/c1-5-9-10-11-12-13-14-15-16-17-18-19-20-21-22-23-24-25-26-41(6-2,7-3,8-4)40-33(39)27-28(34)30(36)32(38)31(37)29(27)35/h5-26H2,1-4H3. The SMILES string of the molecule is CCCCCCCCCCCCCCCCCCCCP(CC)(CC)(CC)OC(=O)c1c(F)c(F)c(F)c(F)c1F. The third-order valence-electron chi connectivity index (χ3n) is 9.23. The quantitative estimate of drug-likeness (QED) is 0.0383. The summed E-state index contributed by atoms with van der Waals surface area (Å²) >= 11 is 0. The van der Waals surface area contributed by atoms with Crippen molar-refractivity contribution in [1.29, 1.82) is 0 Å². The van der Waals surface area contributed by atoms with Crippen LogP contribution in [0.25, 0.3) is 0 Å². The number of benzene rings is 1. The Morgan fingerprint density at radius 3 is 1.10 bits per heavy atom. The number of carbonyl (C=O) groups is 1. The molecule has 2 nitrogen and oxygen atoms in total. The molecule has 0 aliphatic rings. The molecule has 0 spiro atoms. The van der Waals surface area contributed by atoms with Crippen molar-refractivity contribution in [2.45, 2.75) is 143 Å². The summed E-state index contributed by atoms with van der Waals surface area (Å²) in [4.78, 5) is 12.9. The Hall–Kier alpha value is -1.23. The van der Waals surface area contributed by atoms with Gasteiger partial charge in [-0.3, -0.25) is 0 Å². The van der Waals surface area contributed by atoms with Crippen LogP contribution in [0, 0.1) is 29.1 Å². The van der Waals surface area contributed by atoms with Crippen LogP contribution in [0.4, 0.5) is 22.0 Å². The third-order valence-corrected chi connectivity index (χ3v) is 16.2. The molecule has 0 amide bonds. The molecule has 0 aliphatic carbocycles. The number of halogens is 5. The van der Waals surface area contributed by atoms with Crippen LogP contribution in [0.15, 0.2) is 0 Å². The summed E-state index contributed by atoms with van der Waals surface area (Å²) in [7, 11) is 0. The molecule has 8 heteroatoms. The van der Waals surface area contributed by atoms with Gasteiger partial charge in [0, 0.05) is 0 Å². The van der Waals surface area contributed by atoms with Crippen LogP contribution >= 0.6 is 6.83 Å². The van der Waals surface area contributed by atoms with Crippen molar-refractivity contribution in [3.8, 4) is 0 Å². The van der Waals surface area contributed by atoms with Crippen molar-refractivity contribution >= 4 is 12.8 Å². The molecular weight excluding hydrogens is 554 g/mol. The van der Waals surface area contributed by atoms with Crippen LogP contribution in [-0.4, -0.2) is 30.6 Å². The molecule has 1 aromatic rings. The second kappa shape index (κ2) is 19.9. The fourth-order valence-electron chi connectivity index (χ4n) is 5.86. The van der Waals surface area contributed by atoms with Crippen LogP contribution in [0.2, 0.25) is 0 Å². The first-order valence-electron chi connectivity index (χ1n) is 16.4. The molecule has 0 radical (unpaired) electrons. The van der Waals surface area contributed by atoms with Crippen molar-refractivity contribution < 1.29 is 31.3 Å². The molecule has 41 heavy (non-hydrogen) atoms. The molecular formula is C33H56F5O2P. The van der Waals surface area contributed by atoms with Crippen molar-refractivity contribution in [3.63, 3.8) is 0 Å². The molecule has 0 saturated heterocycles. The van der Waals surface area contributed by atoms with Gasteiger partial charge in [-0.1, -0.05) is 51.9 Å². The topological polar surface area (TPSA) is 26.3 Å². The molecule has 240 valence electrons. The Balaban J connectivity index is 2.38. The Morgan fingerprint density at radius 1 is 0.488 bits per heavy atom. The normalized spacial score (nSPS) is 12.9. The van der Waals surface area contributed by atoms with E-state index in [4.69, 9.17) is 4.52 Å². The molecule has 1 aromatic carbocycles.